The number of benzene rings is 1. The van der Waals surface area contributed by atoms with Gasteiger partial charge >= 0.3 is 0 Å². The molecular weight excluding hydrogens is 286 g/mol. The van der Waals surface area contributed by atoms with E-state index in [0.717, 1.165) is 5.56 Å². The summed E-state index contributed by atoms with van der Waals surface area (Å²) in [4.78, 5) is 26.0. The van der Waals surface area contributed by atoms with E-state index < -0.39 is 10.8 Å². The van der Waals surface area contributed by atoms with Gasteiger partial charge in [-0.05, 0) is 37.5 Å². The molecule has 2 rings (SSSR count). The predicted octanol–water partition coefficient (Wildman–Crippen LogP) is 2.04. The van der Waals surface area contributed by atoms with Gasteiger partial charge in [-0.25, -0.2) is 0 Å². The maximum Gasteiger partial charge on any atom is 0.253 e. The molecule has 0 N–H and O–H groups in total. The molecule has 0 aliphatic carbocycles. The Morgan fingerprint density at radius 2 is 2.05 bits per heavy atom. The summed E-state index contributed by atoms with van der Waals surface area (Å²) in [6, 6.07) is 5.24. The Morgan fingerprint density at radius 1 is 1.33 bits per heavy atom. The number of nitrogens with zero attached hydrogens (tertiary/aromatic N) is 1. The van der Waals surface area contributed by atoms with Gasteiger partial charge in [0.1, 0.15) is 0 Å². The summed E-state index contributed by atoms with van der Waals surface area (Å²) >= 11 is 0. The van der Waals surface area contributed by atoms with Crippen molar-refractivity contribution in [2.45, 2.75) is 20.8 Å². The number of hydrogen-bond acceptors (Lipinski definition) is 3. The number of aryl methyl sites for hydroxylation is 1. The van der Waals surface area contributed by atoms with Crippen LogP contribution in [0.1, 0.15) is 40.1 Å². The molecule has 1 aliphatic heterocycles. The number of ketones is 1. The highest BCUT2D eigenvalue weighted by Crippen LogP contribution is 2.16. The van der Waals surface area contributed by atoms with Crippen LogP contribution in [0.2, 0.25) is 0 Å². The number of rotatable bonds is 2. The lowest BCUT2D eigenvalue weighted by molar-refractivity contribution is 0.0751. The molecule has 1 heterocycles. The Kier molecular flexibility index (Phi) is 4.93. The highest BCUT2D eigenvalue weighted by atomic mass is 32.2. The van der Waals surface area contributed by atoms with Gasteiger partial charge in [0, 0.05) is 46.5 Å². The third kappa shape index (κ3) is 3.79. The lowest BCUT2D eigenvalue weighted by Gasteiger charge is -2.22. The molecule has 0 bridgehead atoms. The lowest BCUT2D eigenvalue weighted by Crippen LogP contribution is -2.35. The van der Waals surface area contributed by atoms with E-state index >= 15 is 0 Å². The third-order valence-corrected chi connectivity index (χ3v) is 5.32. The second-order valence-electron chi connectivity index (χ2n) is 5.75. The minimum Gasteiger partial charge on any atom is -0.337 e. The quantitative estimate of drug-likeness (QED) is 0.786. The molecule has 4 nitrogen and oxygen atoms in total. The molecule has 114 valence electrons. The number of carbonyl (C=O) groups is 2. The topological polar surface area (TPSA) is 54.5 Å². The van der Waals surface area contributed by atoms with E-state index in [1.54, 1.807) is 17.0 Å². The molecule has 1 amide bonds. The molecule has 0 radical (unpaired) electrons. The summed E-state index contributed by atoms with van der Waals surface area (Å²) < 4.78 is 11.7. The minimum absolute atomic E-state index is 0.0347. The zero-order valence-corrected chi connectivity index (χ0v) is 13.5. The fraction of sp³-hybridized carbons (Fsp3) is 0.500. The summed E-state index contributed by atoms with van der Waals surface area (Å²) in [6.45, 7) is 6.52. The van der Waals surface area contributed by atoms with Crippen molar-refractivity contribution in [3.8, 4) is 0 Å². The monoisotopic (exact) mass is 307 g/mol. The van der Waals surface area contributed by atoms with Crippen LogP contribution in [0.5, 0.6) is 0 Å². The SMILES string of the molecule is CC(=O)c1cc(C(=O)N2CCS(=O)CC(C)C2)ccc1C. The molecule has 1 aromatic rings. The number of Topliss-reactive ketones (excluding diaryl/α,β-unsaturated/α-hetero) is 1. The van der Waals surface area contributed by atoms with E-state index in [4.69, 9.17) is 0 Å². The van der Waals surface area contributed by atoms with Crippen LogP contribution in [0.4, 0.5) is 0 Å². The van der Waals surface area contributed by atoms with Crippen LogP contribution < -0.4 is 0 Å². The molecule has 0 spiro atoms. The number of carbonyl (C=O) groups excluding carboxylic acids is 2. The predicted molar refractivity (Wildman–Crippen MR) is 84.1 cm³/mol. The second-order valence-corrected chi connectivity index (χ2v) is 7.37. The first-order chi connectivity index (χ1) is 9.88. The molecule has 0 aromatic heterocycles. The van der Waals surface area contributed by atoms with Crippen molar-refractivity contribution in [2.24, 2.45) is 5.92 Å². The minimum atomic E-state index is -0.845. The van der Waals surface area contributed by atoms with Gasteiger partial charge in [-0.1, -0.05) is 13.0 Å². The van der Waals surface area contributed by atoms with Crippen LogP contribution in [0.15, 0.2) is 18.2 Å². The van der Waals surface area contributed by atoms with Crippen LogP contribution in [0, 0.1) is 12.8 Å². The largest absolute Gasteiger partial charge is 0.337 e. The van der Waals surface area contributed by atoms with Gasteiger partial charge in [0.25, 0.3) is 5.91 Å². The summed E-state index contributed by atoms with van der Waals surface area (Å²) in [7, 11) is -0.845. The standard InChI is InChI=1S/C16H21NO3S/c1-11-9-17(6-7-21(20)10-11)16(19)14-5-4-12(2)15(8-14)13(3)18/h4-5,8,11H,6-7,9-10H2,1-3H3. The van der Waals surface area contributed by atoms with Crippen LogP contribution in [-0.4, -0.2) is 45.4 Å². The molecule has 1 aliphatic rings. The van der Waals surface area contributed by atoms with Crippen molar-refractivity contribution in [3.05, 3.63) is 34.9 Å². The van der Waals surface area contributed by atoms with Crippen molar-refractivity contribution in [1.29, 1.82) is 0 Å². The first-order valence-electron chi connectivity index (χ1n) is 7.14. The lowest BCUT2D eigenvalue weighted by atomic mass is 10.0. The molecule has 21 heavy (non-hydrogen) atoms. The van der Waals surface area contributed by atoms with Gasteiger partial charge in [-0.2, -0.15) is 0 Å². The Hall–Kier alpha value is -1.49. The summed E-state index contributed by atoms with van der Waals surface area (Å²) in [6.07, 6.45) is 0. The van der Waals surface area contributed by atoms with Crippen LogP contribution in [-0.2, 0) is 10.8 Å². The maximum absolute atomic E-state index is 12.6. The smallest absolute Gasteiger partial charge is 0.253 e. The van der Waals surface area contributed by atoms with Crippen molar-refractivity contribution >= 4 is 22.5 Å². The first-order valence-corrected chi connectivity index (χ1v) is 8.63. The molecule has 2 unspecified atom stereocenters. The normalized spacial score (nSPS) is 22.7. The Bertz CT molecular complexity index is 597. The van der Waals surface area contributed by atoms with Gasteiger partial charge < -0.3 is 4.90 Å². The molecule has 1 fully saturated rings. The molecule has 5 heteroatoms. The average Bonchev–Trinajstić information content (AvgIpc) is 2.59. The number of amides is 1. The highest BCUT2D eigenvalue weighted by Gasteiger charge is 2.24. The zero-order chi connectivity index (χ0) is 15.6. The van der Waals surface area contributed by atoms with Gasteiger partial charge in [0.2, 0.25) is 0 Å². The Balaban J connectivity index is 2.25. The highest BCUT2D eigenvalue weighted by molar-refractivity contribution is 7.85. The Labute approximate surface area is 128 Å². The van der Waals surface area contributed by atoms with Crippen molar-refractivity contribution < 1.29 is 13.8 Å². The van der Waals surface area contributed by atoms with Crippen LogP contribution >= 0.6 is 0 Å². The number of hydrogen-bond donors (Lipinski definition) is 0. The molecule has 0 saturated carbocycles. The van der Waals surface area contributed by atoms with Crippen LogP contribution in [0.3, 0.4) is 0 Å². The van der Waals surface area contributed by atoms with Gasteiger partial charge in [0.05, 0.1) is 0 Å². The molecular formula is C16H21NO3S. The molecule has 2 atom stereocenters. The first kappa shape index (κ1) is 15.9. The van der Waals surface area contributed by atoms with Gasteiger partial charge in [-0.3, -0.25) is 13.8 Å². The second kappa shape index (κ2) is 6.52. The van der Waals surface area contributed by atoms with Gasteiger partial charge in [-0.15, -0.1) is 0 Å². The fourth-order valence-corrected chi connectivity index (χ4v) is 3.97. The van der Waals surface area contributed by atoms with E-state index in [-0.39, 0.29) is 17.6 Å². The van der Waals surface area contributed by atoms with Gasteiger partial charge in [0.15, 0.2) is 5.78 Å². The van der Waals surface area contributed by atoms with E-state index in [1.807, 2.05) is 19.9 Å². The van der Waals surface area contributed by atoms with E-state index in [1.165, 1.54) is 6.92 Å². The zero-order valence-electron chi connectivity index (χ0n) is 12.7. The summed E-state index contributed by atoms with van der Waals surface area (Å²) in [5.74, 6) is 1.29. The van der Waals surface area contributed by atoms with E-state index in [2.05, 4.69) is 0 Å². The third-order valence-electron chi connectivity index (χ3n) is 3.74. The van der Waals surface area contributed by atoms with E-state index in [9.17, 15) is 13.8 Å². The average molecular weight is 307 g/mol. The van der Waals surface area contributed by atoms with Crippen molar-refractivity contribution in [3.63, 3.8) is 0 Å². The molecule has 1 saturated heterocycles. The summed E-state index contributed by atoms with van der Waals surface area (Å²) in [5, 5.41) is 0. The molecule has 1 aromatic carbocycles. The van der Waals surface area contributed by atoms with Crippen LogP contribution in [0.25, 0.3) is 0 Å². The van der Waals surface area contributed by atoms with E-state index in [0.29, 0.717) is 35.7 Å². The van der Waals surface area contributed by atoms with Crippen molar-refractivity contribution in [1.82, 2.24) is 4.90 Å². The van der Waals surface area contributed by atoms with Crippen molar-refractivity contribution in [2.75, 3.05) is 24.6 Å². The Morgan fingerprint density at radius 3 is 2.71 bits per heavy atom. The summed E-state index contributed by atoms with van der Waals surface area (Å²) in [5.41, 5.74) is 2.00. The maximum atomic E-state index is 12.6. The fourth-order valence-electron chi connectivity index (χ4n) is 2.63.